The Kier molecular flexibility index (Phi) is 5.94. The molecule has 88 valence electrons. The monoisotopic (exact) mass is 239 g/mol. The summed E-state index contributed by atoms with van der Waals surface area (Å²) in [6, 6.07) is 9.83. The lowest BCUT2D eigenvalue weighted by Gasteiger charge is -2.20. The predicted molar refractivity (Wildman–Crippen MR) is 67.7 cm³/mol. The van der Waals surface area contributed by atoms with E-state index >= 15 is 0 Å². The zero-order valence-electron chi connectivity index (χ0n) is 9.66. The lowest BCUT2D eigenvalue weighted by atomic mass is 10.1. The number of alkyl halides is 1. The normalized spacial score (nSPS) is 10.1. The van der Waals surface area contributed by atoms with Gasteiger partial charge < -0.3 is 4.90 Å². The number of likely N-dealkylation sites (N-methyl/N-ethyl adjacent to an activating group) is 1. The van der Waals surface area contributed by atoms with Gasteiger partial charge in [0.25, 0.3) is 0 Å². The van der Waals surface area contributed by atoms with Crippen molar-refractivity contribution in [2.75, 3.05) is 19.0 Å². The third kappa shape index (κ3) is 4.23. The minimum absolute atomic E-state index is 0.179. The van der Waals surface area contributed by atoms with Crippen LogP contribution in [-0.2, 0) is 11.2 Å². The molecule has 1 rings (SSSR count). The highest BCUT2D eigenvalue weighted by Crippen LogP contribution is 2.03. The van der Waals surface area contributed by atoms with Gasteiger partial charge in [-0.25, -0.2) is 0 Å². The number of nitrogens with zero attached hydrogens (tertiary/aromatic N) is 1. The molecule has 0 fully saturated rings. The van der Waals surface area contributed by atoms with Crippen LogP contribution in [0.15, 0.2) is 30.3 Å². The van der Waals surface area contributed by atoms with Crippen molar-refractivity contribution in [3.05, 3.63) is 35.9 Å². The molecule has 0 aliphatic rings. The van der Waals surface area contributed by atoms with Gasteiger partial charge in [0.2, 0.25) is 5.91 Å². The largest absolute Gasteiger partial charge is 0.343 e. The van der Waals surface area contributed by atoms with Gasteiger partial charge in [-0.2, -0.15) is 0 Å². The average Bonchev–Trinajstić information content (AvgIpc) is 2.31. The van der Waals surface area contributed by atoms with E-state index in [4.69, 9.17) is 11.6 Å². The van der Waals surface area contributed by atoms with Gasteiger partial charge in [-0.15, -0.1) is 11.6 Å². The van der Waals surface area contributed by atoms with E-state index in [0.717, 1.165) is 25.1 Å². The number of carbonyl (C=O) groups is 1. The Morgan fingerprint density at radius 2 is 2.00 bits per heavy atom. The summed E-state index contributed by atoms with van der Waals surface area (Å²) in [4.78, 5) is 13.8. The average molecular weight is 240 g/mol. The number of amides is 1. The number of hydrogen-bond donors (Lipinski definition) is 0. The van der Waals surface area contributed by atoms with Crippen LogP contribution >= 0.6 is 11.6 Å². The van der Waals surface area contributed by atoms with Crippen LogP contribution in [0, 0.1) is 0 Å². The van der Waals surface area contributed by atoms with Gasteiger partial charge >= 0.3 is 0 Å². The maximum atomic E-state index is 11.9. The van der Waals surface area contributed by atoms with Gasteiger partial charge in [0.15, 0.2) is 0 Å². The van der Waals surface area contributed by atoms with E-state index in [-0.39, 0.29) is 5.91 Å². The zero-order chi connectivity index (χ0) is 11.8. The van der Waals surface area contributed by atoms with Crippen molar-refractivity contribution in [3.8, 4) is 0 Å². The zero-order valence-corrected chi connectivity index (χ0v) is 10.4. The molecule has 1 aromatic rings. The van der Waals surface area contributed by atoms with Crippen LogP contribution in [0.2, 0.25) is 0 Å². The number of benzene rings is 1. The van der Waals surface area contributed by atoms with Crippen LogP contribution < -0.4 is 0 Å². The van der Waals surface area contributed by atoms with Crippen molar-refractivity contribution in [3.63, 3.8) is 0 Å². The molecule has 0 aromatic heterocycles. The third-order valence-electron chi connectivity index (χ3n) is 2.49. The van der Waals surface area contributed by atoms with Gasteiger partial charge in [0, 0.05) is 19.0 Å². The summed E-state index contributed by atoms with van der Waals surface area (Å²) in [7, 11) is 0. The van der Waals surface area contributed by atoms with Gasteiger partial charge in [-0.3, -0.25) is 4.79 Å². The number of carbonyl (C=O) groups excluding carboxylic acids is 1. The second kappa shape index (κ2) is 7.29. The Bertz CT molecular complexity index is 313. The molecule has 3 heteroatoms. The van der Waals surface area contributed by atoms with Crippen molar-refractivity contribution in [1.29, 1.82) is 0 Å². The van der Waals surface area contributed by atoms with Crippen molar-refractivity contribution < 1.29 is 4.79 Å². The van der Waals surface area contributed by atoms with Crippen LogP contribution in [0.5, 0.6) is 0 Å². The SMILES string of the molecule is CCN(CCCCl)C(=O)Cc1ccccc1. The van der Waals surface area contributed by atoms with Gasteiger partial charge in [-0.1, -0.05) is 30.3 Å². The van der Waals surface area contributed by atoms with Crippen LogP contribution in [0.3, 0.4) is 0 Å². The minimum Gasteiger partial charge on any atom is -0.343 e. The highest BCUT2D eigenvalue weighted by atomic mass is 35.5. The van der Waals surface area contributed by atoms with Crippen LogP contribution in [-0.4, -0.2) is 29.8 Å². The second-order valence-electron chi connectivity index (χ2n) is 3.68. The van der Waals surface area contributed by atoms with E-state index in [1.807, 2.05) is 42.2 Å². The molecule has 0 radical (unpaired) electrons. The second-order valence-corrected chi connectivity index (χ2v) is 4.06. The molecule has 0 heterocycles. The van der Waals surface area contributed by atoms with E-state index in [1.165, 1.54) is 0 Å². The van der Waals surface area contributed by atoms with Crippen LogP contribution in [0.1, 0.15) is 18.9 Å². The summed E-state index contributed by atoms with van der Waals surface area (Å²) in [6.07, 6.45) is 1.34. The first-order chi connectivity index (χ1) is 7.77. The van der Waals surface area contributed by atoms with E-state index in [2.05, 4.69) is 0 Å². The van der Waals surface area contributed by atoms with Gasteiger partial charge in [0.05, 0.1) is 6.42 Å². The van der Waals surface area contributed by atoms with Crippen LogP contribution in [0.25, 0.3) is 0 Å². The standard InChI is InChI=1S/C13H18ClNO/c1-2-15(10-6-9-14)13(16)11-12-7-4-3-5-8-12/h3-5,7-8H,2,6,9-11H2,1H3. The molecule has 0 aliphatic heterocycles. The highest BCUT2D eigenvalue weighted by molar-refractivity contribution is 6.17. The summed E-state index contributed by atoms with van der Waals surface area (Å²) in [5, 5.41) is 0. The first-order valence-electron chi connectivity index (χ1n) is 5.65. The quantitative estimate of drug-likeness (QED) is 0.699. The Morgan fingerprint density at radius 1 is 1.31 bits per heavy atom. The molecule has 16 heavy (non-hydrogen) atoms. The fourth-order valence-electron chi connectivity index (χ4n) is 1.59. The summed E-state index contributed by atoms with van der Waals surface area (Å²) in [5.41, 5.74) is 1.07. The van der Waals surface area contributed by atoms with E-state index in [1.54, 1.807) is 0 Å². The first kappa shape index (κ1) is 13.0. The van der Waals surface area contributed by atoms with Crippen molar-refractivity contribution in [2.24, 2.45) is 0 Å². The summed E-state index contributed by atoms with van der Waals surface area (Å²) in [5.74, 6) is 0.786. The first-order valence-corrected chi connectivity index (χ1v) is 6.19. The van der Waals surface area contributed by atoms with E-state index < -0.39 is 0 Å². The lowest BCUT2D eigenvalue weighted by molar-refractivity contribution is -0.130. The Hall–Kier alpha value is -1.02. The molecular weight excluding hydrogens is 222 g/mol. The molecule has 0 saturated carbocycles. The number of hydrogen-bond acceptors (Lipinski definition) is 1. The molecule has 0 bridgehead atoms. The minimum atomic E-state index is 0.179. The molecule has 0 atom stereocenters. The smallest absolute Gasteiger partial charge is 0.226 e. The molecule has 1 amide bonds. The van der Waals surface area contributed by atoms with Gasteiger partial charge in [-0.05, 0) is 18.9 Å². The summed E-state index contributed by atoms with van der Waals surface area (Å²) in [6.45, 7) is 3.51. The number of rotatable bonds is 6. The van der Waals surface area contributed by atoms with Gasteiger partial charge in [0.1, 0.15) is 0 Å². The fourth-order valence-corrected chi connectivity index (χ4v) is 1.71. The molecule has 0 spiro atoms. The van der Waals surface area contributed by atoms with Crippen molar-refractivity contribution in [2.45, 2.75) is 19.8 Å². The summed E-state index contributed by atoms with van der Waals surface area (Å²) < 4.78 is 0. The van der Waals surface area contributed by atoms with E-state index in [0.29, 0.717) is 12.3 Å². The Labute approximate surface area is 102 Å². The molecule has 0 unspecified atom stereocenters. The molecular formula is C13H18ClNO. The van der Waals surface area contributed by atoms with Crippen molar-refractivity contribution >= 4 is 17.5 Å². The number of halogens is 1. The molecule has 0 aliphatic carbocycles. The molecule has 1 aromatic carbocycles. The fraction of sp³-hybridized carbons (Fsp3) is 0.462. The Morgan fingerprint density at radius 3 is 2.56 bits per heavy atom. The van der Waals surface area contributed by atoms with E-state index in [9.17, 15) is 4.79 Å². The van der Waals surface area contributed by atoms with Crippen LogP contribution in [0.4, 0.5) is 0 Å². The lowest BCUT2D eigenvalue weighted by Crippen LogP contribution is -2.33. The van der Waals surface area contributed by atoms with Crippen molar-refractivity contribution in [1.82, 2.24) is 4.90 Å². The highest BCUT2D eigenvalue weighted by Gasteiger charge is 2.11. The predicted octanol–water partition coefficient (Wildman–Crippen LogP) is 2.71. The topological polar surface area (TPSA) is 20.3 Å². The third-order valence-corrected chi connectivity index (χ3v) is 2.76. The maximum Gasteiger partial charge on any atom is 0.226 e. The molecule has 2 nitrogen and oxygen atoms in total. The Balaban J connectivity index is 2.49. The summed E-state index contributed by atoms with van der Waals surface area (Å²) >= 11 is 5.63. The molecule has 0 N–H and O–H groups in total. The molecule has 0 saturated heterocycles. The maximum absolute atomic E-state index is 11.9.